The SMILES string of the molecule is CN1CCCN(c2nc3c(cc2F)c(=O)c(C(N)=O)c2sc4ccccc4n23)CC1. The predicted octanol–water partition coefficient (Wildman–Crippen LogP) is 2.44. The highest BCUT2D eigenvalue weighted by Gasteiger charge is 2.24. The lowest BCUT2D eigenvalue weighted by Gasteiger charge is -2.22. The number of hydrogen-bond acceptors (Lipinski definition) is 6. The monoisotopic (exact) mass is 425 g/mol. The molecule has 4 aromatic rings. The van der Waals surface area contributed by atoms with Crippen molar-refractivity contribution in [3.63, 3.8) is 0 Å². The zero-order chi connectivity index (χ0) is 21.0. The molecule has 0 bridgehead atoms. The molecule has 154 valence electrons. The summed E-state index contributed by atoms with van der Waals surface area (Å²) in [6.45, 7) is 3.07. The number of halogens is 1. The molecule has 30 heavy (non-hydrogen) atoms. The van der Waals surface area contributed by atoms with Crippen LogP contribution >= 0.6 is 11.3 Å². The number of thiazole rings is 1. The fourth-order valence-corrected chi connectivity index (χ4v) is 5.29. The summed E-state index contributed by atoms with van der Waals surface area (Å²) in [6, 6.07) is 8.74. The van der Waals surface area contributed by atoms with E-state index in [1.807, 2.05) is 36.2 Å². The number of para-hydroxylation sites is 1. The number of benzene rings is 1. The molecule has 1 aromatic carbocycles. The van der Waals surface area contributed by atoms with Crippen molar-refractivity contribution < 1.29 is 9.18 Å². The molecule has 0 atom stereocenters. The number of amides is 1. The van der Waals surface area contributed by atoms with Gasteiger partial charge in [-0.05, 0) is 38.2 Å². The third-order valence-corrected chi connectivity index (χ3v) is 6.76. The molecule has 1 fully saturated rings. The standard InChI is InChI=1S/C21H20FN5O2S/c1-25-7-4-8-26(10-9-25)20-13(22)11-12-17(28)16(18(23)29)21-27(19(12)24-20)14-5-2-3-6-15(14)30-21/h2-3,5-6,11H,4,7-10H2,1H3,(H2,23,29). The Kier molecular flexibility index (Phi) is 4.44. The van der Waals surface area contributed by atoms with Gasteiger partial charge < -0.3 is 15.5 Å². The Morgan fingerprint density at radius 1 is 1.20 bits per heavy atom. The number of nitrogens with two attached hydrogens (primary N) is 1. The smallest absolute Gasteiger partial charge is 0.255 e. The molecule has 0 aliphatic carbocycles. The molecule has 7 nitrogen and oxygen atoms in total. The maximum atomic E-state index is 15.1. The summed E-state index contributed by atoms with van der Waals surface area (Å²) in [4.78, 5) is 34.4. The molecule has 4 heterocycles. The van der Waals surface area contributed by atoms with Crippen molar-refractivity contribution in [2.75, 3.05) is 38.1 Å². The first-order valence-electron chi connectivity index (χ1n) is 9.75. The summed E-state index contributed by atoms with van der Waals surface area (Å²) in [5, 5.41) is 0.0537. The van der Waals surface area contributed by atoms with Crippen LogP contribution in [0.2, 0.25) is 0 Å². The number of pyridine rings is 2. The van der Waals surface area contributed by atoms with Crippen LogP contribution in [0.5, 0.6) is 0 Å². The average Bonchev–Trinajstić information content (AvgIpc) is 2.95. The molecule has 5 rings (SSSR count). The number of anilines is 1. The molecule has 0 saturated carbocycles. The van der Waals surface area contributed by atoms with Gasteiger partial charge in [-0.3, -0.25) is 14.0 Å². The average molecular weight is 425 g/mol. The number of primary amides is 1. The Hall–Kier alpha value is -3.04. The zero-order valence-corrected chi connectivity index (χ0v) is 17.2. The Balaban J connectivity index is 1.87. The van der Waals surface area contributed by atoms with Crippen LogP contribution in [0, 0.1) is 5.82 Å². The van der Waals surface area contributed by atoms with Gasteiger partial charge in [-0.15, -0.1) is 11.3 Å². The van der Waals surface area contributed by atoms with Crippen LogP contribution < -0.4 is 16.1 Å². The largest absolute Gasteiger partial charge is 0.365 e. The molecule has 9 heteroatoms. The summed E-state index contributed by atoms with van der Waals surface area (Å²) < 4.78 is 17.7. The van der Waals surface area contributed by atoms with Gasteiger partial charge in [0, 0.05) is 19.6 Å². The number of hydrogen-bond donors (Lipinski definition) is 1. The van der Waals surface area contributed by atoms with E-state index < -0.39 is 17.2 Å². The predicted molar refractivity (Wildman–Crippen MR) is 117 cm³/mol. The summed E-state index contributed by atoms with van der Waals surface area (Å²) in [6.07, 6.45) is 0.896. The van der Waals surface area contributed by atoms with Crippen LogP contribution in [0.1, 0.15) is 16.8 Å². The van der Waals surface area contributed by atoms with Crippen molar-refractivity contribution in [3.05, 3.63) is 51.9 Å². The second kappa shape index (κ2) is 7.03. The lowest BCUT2D eigenvalue weighted by Crippen LogP contribution is -2.30. The van der Waals surface area contributed by atoms with Gasteiger partial charge in [-0.25, -0.2) is 9.37 Å². The number of aromatic nitrogens is 2. The molecule has 0 radical (unpaired) electrons. The third kappa shape index (κ3) is 2.85. The molecule has 0 unspecified atom stereocenters. The van der Waals surface area contributed by atoms with Crippen molar-refractivity contribution in [2.45, 2.75) is 6.42 Å². The van der Waals surface area contributed by atoms with Crippen LogP contribution in [-0.2, 0) is 0 Å². The molecule has 0 spiro atoms. The molecule has 3 aromatic heterocycles. The molecular formula is C21H20FN5O2S. The Bertz CT molecular complexity index is 1380. The lowest BCUT2D eigenvalue weighted by molar-refractivity contribution is 0.100. The first kappa shape index (κ1) is 19.0. The number of rotatable bonds is 2. The van der Waals surface area contributed by atoms with E-state index in [9.17, 15) is 9.59 Å². The van der Waals surface area contributed by atoms with E-state index in [0.717, 1.165) is 29.7 Å². The normalized spacial score (nSPS) is 15.9. The van der Waals surface area contributed by atoms with Gasteiger partial charge >= 0.3 is 0 Å². The number of nitrogens with zero attached hydrogens (tertiary/aromatic N) is 4. The number of fused-ring (bicyclic) bond motifs is 5. The van der Waals surface area contributed by atoms with Crippen LogP contribution in [-0.4, -0.2) is 53.4 Å². The van der Waals surface area contributed by atoms with E-state index in [2.05, 4.69) is 9.88 Å². The Morgan fingerprint density at radius 3 is 2.80 bits per heavy atom. The Morgan fingerprint density at radius 2 is 2.00 bits per heavy atom. The van der Waals surface area contributed by atoms with E-state index in [0.29, 0.717) is 23.6 Å². The molecule has 1 amide bonds. The van der Waals surface area contributed by atoms with Crippen LogP contribution in [0.15, 0.2) is 35.1 Å². The van der Waals surface area contributed by atoms with E-state index >= 15 is 4.39 Å². The van der Waals surface area contributed by atoms with E-state index in [1.165, 1.54) is 17.4 Å². The number of carbonyl (C=O) groups is 1. The quantitative estimate of drug-likeness (QED) is 0.533. The zero-order valence-electron chi connectivity index (χ0n) is 16.4. The minimum absolute atomic E-state index is 0.0537. The third-order valence-electron chi connectivity index (χ3n) is 5.62. The summed E-state index contributed by atoms with van der Waals surface area (Å²) in [7, 11) is 2.04. The van der Waals surface area contributed by atoms with Crippen molar-refractivity contribution in [2.24, 2.45) is 5.73 Å². The molecule has 1 aliphatic rings. The van der Waals surface area contributed by atoms with Gasteiger partial charge in [-0.1, -0.05) is 12.1 Å². The van der Waals surface area contributed by atoms with Crippen LogP contribution in [0.4, 0.5) is 10.2 Å². The van der Waals surface area contributed by atoms with E-state index in [1.54, 1.807) is 4.40 Å². The van der Waals surface area contributed by atoms with Gasteiger partial charge in [0.2, 0.25) is 5.43 Å². The fraction of sp³-hybridized carbons (Fsp3) is 0.286. The highest BCUT2D eigenvalue weighted by atomic mass is 32.1. The van der Waals surface area contributed by atoms with Crippen molar-refractivity contribution >= 4 is 49.1 Å². The number of likely N-dealkylation sites (N-methyl/N-ethyl adjacent to an activating group) is 1. The van der Waals surface area contributed by atoms with Crippen molar-refractivity contribution in [1.82, 2.24) is 14.3 Å². The molecular weight excluding hydrogens is 405 g/mol. The Labute approximate surface area is 175 Å². The highest BCUT2D eigenvalue weighted by molar-refractivity contribution is 7.24. The van der Waals surface area contributed by atoms with Gasteiger partial charge in [0.05, 0.1) is 15.6 Å². The maximum absolute atomic E-state index is 15.1. The van der Waals surface area contributed by atoms with Gasteiger partial charge in [0.15, 0.2) is 17.3 Å². The lowest BCUT2D eigenvalue weighted by atomic mass is 10.1. The minimum atomic E-state index is -0.828. The second-order valence-electron chi connectivity index (χ2n) is 7.59. The van der Waals surface area contributed by atoms with E-state index in [4.69, 9.17) is 5.73 Å². The van der Waals surface area contributed by atoms with Crippen molar-refractivity contribution in [3.8, 4) is 0 Å². The molecule has 1 aliphatic heterocycles. The van der Waals surface area contributed by atoms with Gasteiger partial charge in [0.25, 0.3) is 5.91 Å². The number of carbonyl (C=O) groups excluding carboxylic acids is 1. The summed E-state index contributed by atoms with van der Waals surface area (Å²) in [5.74, 6) is -1.17. The first-order valence-corrected chi connectivity index (χ1v) is 10.6. The highest BCUT2D eigenvalue weighted by Crippen LogP contribution is 2.32. The van der Waals surface area contributed by atoms with E-state index in [-0.39, 0.29) is 16.8 Å². The van der Waals surface area contributed by atoms with Crippen molar-refractivity contribution in [1.29, 1.82) is 0 Å². The maximum Gasteiger partial charge on any atom is 0.255 e. The second-order valence-corrected chi connectivity index (χ2v) is 8.62. The minimum Gasteiger partial charge on any atom is -0.365 e. The van der Waals surface area contributed by atoms with Crippen LogP contribution in [0.3, 0.4) is 0 Å². The first-order chi connectivity index (χ1) is 14.5. The summed E-state index contributed by atoms with van der Waals surface area (Å²) in [5.41, 5.74) is 5.96. The van der Waals surface area contributed by atoms with Gasteiger partial charge in [-0.2, -0.15) is 0 Å². The fourth-order valence-electron chi connectivity index (χ4n) is 4.10. The molecule has 1 saturated heterocycles. The van der Waals surface area contributed by atoms with Crippen LogP contribution in [0.25, 0.3) is 26.1 Å². The molecule has 2 N–H and O–H groups in total. The summed E-state index contributed by atoms with van der Waals surface area (Å²) >= 11 is 1.30. The topological polar surface area (TPSA) is 83.9 Å². The van der Waals surface area contributed by atoms with Gasteiger partial charge in [0.1, 0.15) is 10.4 Å².